The molecule has 0 spiro atoms. The number of nitrogens with one attached hydrogen (secondary N) is 2. The lowest BCUT2D eigenvalue weighted by Crippen LogP contribution is -2.38. The Morgan fingerprint density at radius 1 is 1.08 bits per heavy atom. The predicted octanol–water partition coefficient (Wildman–Crippen LogP) is 3.22. The molecule has 2 rings (SSSR count). The van der Waals surface area contributed by atoms with Crippen molar-refractivity contribution in [3.8, 4) is 0 Å². The molecule has 0 aliphatic heterocycles. The highest BCUT2D eigenvalue weighted by atomic mass is 127. The molecule has 0 atom stereocenters. The maximum Gasteiger partial charge on any atom is 0.191 e. The van der Waals surface area contributed by atoms with Crippen molar-refractivity contribution in [1.82, 2.24) is 15.6 Å². The largest absolute Gasteiger partial charge is 0.363 e. The molecule has 1 heterocycles. The number of rotatable bonds is 7. The first-order chi connectivity index (χ1) is 11.7. The molecule has 5 nitrogen and oxygen atoms in total. The second kappa shape index (κ2) is 12.0. The minimum absolute atomic E-state index is 0. The molecule has 0 aliphatic rings. The molecule has 0 bridgehead atoms. The number of thioether (sulfide) groups is 1. The van der Waals surface area contributed by atoms with Crippen molar-refractivity contribution in [1.29, 1.82) is 0 Å². The van der Waals surface area contributed by atoms with Crippen LogP contribution in [0.4, 0.5) is 5.82 Å². The number of hydrogen-bond acceptors (Lipinski definition) is 4. The van der Waals surface area contributed by atoms with Gasteiger partial charge in [-0.1, -0.05) is 24.3 Å². The van der Waals surface area contributed by atoms with Crippen LogP contribution in [0.1, 0.15) is 5.69 Å². The van der Waals surface area contributed by atoms with E-state index in [1.54, 1.807) is 7.05 Å². The van der Waals surface area contributed by atoms with Crippen molar-refractivity contribution in [2.45, 2.75) is 11.4 Å². The van der Waals surface area contributed by atoms with Crippen LogP contribution in [0.15, 0.2) is 58.4 Å². The lowest BCUT2D eigenvalue weighted by molar-refractivity contribution is 0.810. The van der Waals surface area contributed by atoms with Crippen LogP contribution >= 0.6 is 35.7 Å². The number of aliphatic imine (C=N–C) groups is 1. The fourth-order valence-corrected chi connectivity index (χ4v) is 2.85. The summed E-state index contributed by atoms with van der Waals surface area (Å²) >= 11 is 1.83. The number of anilines is 1. The number of pyridine rings is 1. The standard InChI is InChI=1S/C18H25N5S.HI/c1-19-18(20-12-13-24-16-9-5-4-6-10-16)21-14-15-8-7-11-17(22-15)23(2)3;/h4-11H,12-14H2,1-3H3,(H2,19,20,21);1H. The number of halogens is 1. The van der Waals surface area contributed by atoms with Gasteiger partial charge in [-0.3, -0.25) is 4.99 Å². The highest BCUT2D eigenvalue weighted by Gasteiger charge is 2.02. The Bertz CT molecular complexity index is 649. The highest BCUT2D eigenvalue weighted by Crippen LogP contribution is 2.15. The minimum Gasteiger partial charge on any atom is -0.363 e. The van der Waals surface area contributed by atoms with Crippen molar-refractivity contribution in [3.63, 3.8) is 0 Å². The Balaban J connectivity index is 0.00000312. The van der Waals surface area contributed by atoms with E-state index in [0.29, 0.717) is 6.54 Å². The van der Waals surface area contributed by atoms with Gasteiger partial charge in [-0.2, -0.15) is 0 Å². The average molecular weight is 471 g/mol. The zero-order chi connectivity index (χ0) is 17.2. The molecule has 2 aromatic rings. The van der Waals surface area contributed by atoms with Crippen LogP contribution in [0.3, 0.4) is 0 Å². The van der Waals surface area contributed by atoms with Crippen LogP contribution in [0.25, 0.3) is 0 Å². The molecule has 0 fully saturated rings. The molecule has 25 heavy (non-hydrogen) atoms. The quantitative estimate of drug-likeness (QED) is 0.214. The van der Waals surface area contributed by atoms with Gasteiger partial charge >= 0.3 is 0 Å². The van der Waals surface area contributed by atoms with E-state index in [1.165, 1.54) is 4.90 Å². The third-order valence-electron chi connectivity index (χ3n) is 3.32. The second-order valence-corrected chi connectivity index (χ2v) is 6.56. The fourth-order valence-electron chi connectivity index (χ4n) is 2.06. The van der Waals surface area contributed by atoms with E-state index in [2.05, 4.69) is 44.9 Å². The molecule has 0 aliphatic carbocycles. The predicted molar refractivity (Wildman–Crippen MR) is 119 cm³/mol. The second-order valence-electron chi connectivity index (χ2n) is 5.40. The lowest BCUT2D eigenvalue weighted by atomic mass is 10.3. The summed E-state index contributed by atoms with van der Waals surface area (Å²) in [5.41, 5.74) is 0.989. The van der Waals surface area contributed by atoms with E-state index in [9.17, 15) is 0 Å². The Morgan fingerprint density at radius 2 is 1.84 bits per heavy atom. The maximum absolute atomic E-state index is 4.59. The number of hydrogen-bond donors (Lipinski definition) is 2. The first kappa shape index (κ1) is 21.6. The lowest BCUT2D eigenvalue weighted by Gasteiger charge is -2.14. The summed E-state index contributed by atoms with van der Waals surface area (Å²) in [6.07, 6.45) is 0. The van der Waals surface area contributed by atoms with E-state index >= 15 is 0 Å². The van der Waals surface area contributed by atoms with E-state index in [4.69, 9.17) is 0 Å². The number of guanidine groups is 1. The molecule has 0 unspecified atom stereocenters. The summed E-state index contributed by atoms with van der Waals surface area (Å²) in [5.74, 6) is 2.73. The SMILES string of the molecule is CN=C(NCCSc1ccccc1)NCc1cccc(N(C)C)n1.I. The van der Waals surface area contributed by atoms with Crippen molar-refractivity contribution >= 4 is 47.5 Å². The highest BCUT2D eigenvalue weighted by molar-refractivity contribution is 14.0. The molecule has 0 radical (unpaired) electrons. The number of nitrogens with zero attached hydrogens (tertiary/aromatic N) is 3. The van der Waals surface area contributed by atoms with Crippen molar-refractivity contribution < 1.29 is 0 Å². The summed E-state index contributed by atoms with van der Waals surface area (Å²) in [6.45, 7) is 1.50. The first-order valence-electron chi connectivity index (χ1n) is 7.94. The number of benzene rings is 1. The molecule has 0 amide bonds. The minimum atomic E-state index is 0. The van der Waals surface area contributed by atoms with E-state index < -0.39 is 0 Å². The molecule has 1 aromatic heterocycles. The van der Waals surface area contributed by atoms with Gasteiger partial charge in [-0.15, -0.1) is 35.7 Å². The first-order valence-corrected chi connectivity index (χ1v) is 8.93. The van der Waals surface area contributed by atoms with Crippen LogP contribution in [0.5, 0.6) is 0 Å². The van der Waals surface area contributed by atoms with Crippen molar-refractivity contribution in [2.24, 2.45) is 4.99 Å². The normalized spacial score (nSPS) is 10.8. The van der Waals surface area contributed by atoms with Gasteiger partial charge in [0.2, 0.25) is 0 Å². The van der Waals surface area contributed by atoms with Crippen LogP contribution in [0, 0.1) is 0 Å². The third-order valence-corrected chi connectivity index (χ3v) is 4.33. The van der Waals surface area contributed by atoms with E-state index in [-0.39, 0.29) is 24.0 Å². The van der Waals surface area contributed by atoms with Crippen molar-refractivity contribution in [3.05, 3.63) is 54.2 Å². The molecule has 1 aromatic carbocycles. The zero-order valence-corrected chi connectivity index (χ0v) is 18.0. The summed E-state index contributed by atoms with van der Waals surface area (Å²) < 4.78 is 0. The Kier molecular flexibility index (Phi) is 10.3. The molecule has 2 N–H and O–H groups in total. The van der Waals surface area contributed by atoms with Gasteiger partial charge < -0.3 is 15.5 Å². The van der Waals surface area contributed by atoms with Crippen LogP contribution < -0.4 is 15.5 Å². The topological polar surface area (TPSA) is 52.6 Å². The number of aromatic nitrogens is 1. The Labute approximate surface area is 171 Å². The monoisotopic (exact) mass is 471 g/mol. The van der Waals surface area contributed by atoms with Gasteiger partial charge in [-0.05, 0) is 24.3 Å². The molecule has 0 saturated carbocycles. The van der Waals surface area contributed by atoms with Gasteiger partial charge in [0.15, 0.2) is 5.96 Å². The maximum atomic E-state index is 4.59. The van der Waals surface area contributed by atoms with Crippen LogP contribution in [-0.4, -0.2) is 44.4 Å². The van der Waals surface area contributed by atoms with E-state index in [1.807, 2.05) is 55.0 Å². The van der Waals surface area contributed by atoms with Crippen molar-refractivity contribution in [2.75, 3.05) is 38.3 Å². The summed E-state index contributed by atoms with van der Waals surface area (Å²) in [5, 5.41) is 6.63. The molecule has 0 saturated heterocycles. The summed E-state index contributed by atoms with van der Waals surface area (Å²) in [4.78, 5) is 12.1. The molecule has 7 heteroatoms. The Morgan fingerprint density at radius 3 is 2.52 bits per heavy atom. The van der Waals surface area contributed by atoms with Gasteiger partial charge in [0.05, 0.1) is 12.2 Å². The molecular formula is C18H26IN5S. The third kappa shape index (κ3) is 7.96. The van der Waals surface area contributed by atoms with Gasteiger partial charge in [0, 0.05) is 38.3 Å². The van der Waals surface area contributed by atoms with E-state index in [0.717, 1.165) is 29.8 Å². The summed E-state index contributed by atoms with van der Waals surface area (Å²) in [6, 6.07) is 16.4. The summed E-state index contributed by atoms with van der Waals surface area (Å²) in [7, 11) is 5.76. The van der Waals surface area contributed by atoms with Gasteiger partial charge in [0.25, 0.3) is 0 Å². The molecular weight excluding hydrogens is 445 g/mol. The van der Waals surface area contributed by atoms with Gasteiger partial charge in [0.1, 0.15) is 5.82 Å². The zero-order valence-electron chi connectivity index (χ0n) is 14.9. The smallest absolute Gasteiger partial charge is 0.191 e. The molecule has 136 valence electrons. The van der Waals surface area contributed by atoms with Crippen LogP contribution in [0.2, 0.25) is 0 Å². The Hall–Kier alpha value is -1.48. The van der Waals surface area contributed by atoms with Crippen LogP contribution in [-0.2, 0) is 6.54 Å². The van der Waals surface area contributed by atoms with Gasteiger partial charge in [-0.25, -0.2) is 4.98 Å². The fraction of sp³-hybridized carbons (Fsp3) is 0.333. The average Bonchev–Trinajstić information content (AvgIpc) is 2.62.